The third-order valence-corrected chi connectivity index (χ3v) is 5.61. The standard InChI is InChI=1S/C26H38N6O4S/c1-26(2,3)36-25(35)31-21-10-8-7-9-20(21)29-23(33)22-12-11-18(17-28-22)19(13-15-32(4)5)30-24(34)27-14-16-37-6/h7-12,17,19H,13-16H2,1-6H3,(H,29,33)(H,31,35)(H2,27,30,34). The van der Waals surface area contributed by atoms with Crippen LogP contribution in [0.4, 0.5) is 21.0 Å². The van der Waals surface area contributed by atoms with Crippen molar-refractivity contribution < 1.29 is 19.1 Å². The van der Waals surface area contributed by atoms with Gasteiger partial charge in [-0.15, -0.1) is 0 Å². The van der Waals surface area contributed by atoms with Gasteiger partial charge in [0.15, 0.2) is 0 Å². The van der Waals surface area contributed by atoms with Crippen molar-refractivity contribution in [2.24, 2.45) is 0 Å². The van der Waals surface area contributed by atoms with Gasteiger partial charge in [-0.25, -0.2) is 9.59 Å². The van der Waals surface area contributed by atoms with Crippen molar-refractivity contribution in [3.63, 3.8) is 0 Å². The molecule has 1 unspecified atom stereocenters. The maximum absolute atomic E-state index is 12.9. The summed E-state index contributed by atoms with van der Waals surface area (Å²) in [4.78, 5) is 43.8. The topological polar surface area (TPSA) is 125 Å². The van der Waals surface area contributed by atoms with Crippen molar-refractivity contribution >= 4 is 41.2 Å². The Labute approximate surface area is 223 Å². The molecule has 2 rings (SSSR count). The third-order valence-electron chi connectivity index (χ3n) is 4.99. The highest BCUT2D eigenvalue weighted by Gasteiger charge is 2.19. The molecular weight excluding hydrogens is 492 g/mol. The number of rotatable bonds is 11. The van der Waals surface area contributed by atoms with Crippen LogP contribution in [0.5, 0.6) is 0 Å². The van der Waals surface area contributed by atoms with E-state index in [1.807, 2.05) is 25.3 Å². The van der Waals surface area contributed by atoms with Gasteiger partial charge < -0.3 is 25.6 Å². The van der Waals surface area contributed by atoms with Crippen LogP contribution in [0.3, 0.4) is 0 Å². The van der Waals surface area contributed by atoms with Gasteiger partial charge in [-0.2, -0.15) is 11.8 Å². The molecule has 4 amide bonds. The van der Waals surface area contributed by atoms with Crippen molar-refractivity contribution in [1.82, 2.24) is 20.5 Å². The normalized spacial score (nSPS) is 12.0. The molecule has 1 heterocycles. The van der Waals surface area contributed by atoms with E-state index in [1.165, 1.54) is 0 Å². The van der Waals surface area contributed by atoms with Gasteiger partial charge in [0, 0.05) is 18.5 Å². The molecule has 0 fully saturated rings. The van der Waals surface area contributed by atoms with Crippen LogP contribution in [0, 0.1) is 0 Å². The Hall–Kier alpha value is -3.31. The van der Waals surface area contributed by atoms with E-state index in [0.717, 1.165) is 17.9 Å². The summed E-state index contributed by atoms with van der Waals surface area (Å²) < 4.78 is 5.30. The monoisotopic (exact) mass is 530 g/mol. The van der Waals surface area contributed by atoms with E-state index < -0.39 is 17.6 Å². The molecule has 2 aromatic rings. The fourth-order valence-corrected chi connectivity index (χ4v) is 3.54. The van der Waals surface area contributed by atoms with Gasteiger partial charge >= 0.3 is 12.1 Å². The minimum atomic E-state index is -0.650. The van der Waals surface area contributed by atoms with Crippen LogP contribution in [0.15, 0.2) is 42.6 Å². The van der Waals surface area contributed by atoms with Gasteiger partial charge in [-0.1, -0.05) is 18.2 Å². The lowest BCUT2D eigenvalue weighted by atomic mass is 10.1. The molecule has 0 saturated heterocycles. The number of ether oxygens (including phenoxy) is 1. The highest BCUT2D eigenvalue weighted by molar-refractivity contribution is 7.98. The summed E-state index contributed by atoms with van der Waals surface area (Å²) in [5.41, 5.74) is 1.17. The van der Waals surface area contributed by atoms with Crippen molar-refractivity contribution in [2.75, 3.05) is 49.8 Å². The number of thioether (sulfide) groups is 1. The maximum Gasteiger partial charge on any atom is 0.412 e. The lowest BCUT2D eigenvalue weighted by Gasteiger charge is -2.21. The predicted octanol–water partition coefficient (Wildman–Crippen LogP) is 4.34. The summed E-state index contributed by atoms with van der Waals surface area (Å²) >= 11 is 1.66. The van der Waals surface area contributed by atoms with Gasteiger partial charge in [0.25, 0.3) is 5.91 Å². The first-order valence-corrected chi connectivity index (χ1v) is 13.4. The van der Waals surface area contributed by atoms with E-state index in [1.54, 1.807) is 75.1 Å². The fourth-order valence-electron chi connectivity index (χ4n) is 3.23. The molecule has 0 aliphatic heterocycles. The molecule has 11 heteroatoms. The Morgan fingerprint density at radius 3 is 2.30 bits per heavy atom. The summed E-state index contributed by atoms with van der Waals surface area (Å²) in [6, 6.07) is 9.73. The summed E-state index contributed by atoms with van der Waals surface area (Å²) in [7, 11) is 3.94. The van der Waals surface area contributed by atoms with Crippen LogP contribution in [-0.2, 0) is 4.74 Å². The van der Waals surface area contributed by atoms with Crippen LogP contribution < -0.4 is 21.3 Å². The van der Waals surface area contributed by atoms with Gasteiger partial charge in [0.2, 0.25) is 0 Å². The zero-order valence-electron chi connectivity index (χ0n) is 22.4. The van der Waals surface area contributed by atoms with Gasteiger partial charge in [0.05, 0.1) is 17.4 Å². The molecule has 0 radical (unpaired) electrons. The molecule has 0 aliphatic carbocycles. The number of anilines is 2. The van der Waals surface area contributed by atoms with E-state index in [0.29, 0.717) is 24.3 Å². The molecule has 4 N–H and O–H groups in total. The number of nitrogens with one attached hydrogen (secondary N) is 4. The Morgan fingerprint density at radius 1 is 1.05 bits per heavy atom. The molecule has 1 aromatic carbocycles. The second-order valence-corrected chi connectivity index (χ2v) is 10.6. The third kappa shape index (κ3) is 11.1. The number of nitrogens with zero attached hydrogens (tertiary/aromatic N) is 2. The number of hydrogen-bond acceptors (Lipinski definition) is 7. The molecule has 0 spiro atoms. The Morgan fingerprint density at radius 2 is 1.73 bits per heavy atom. The van der Waals surface area contributed by atoms with Crippen molar-refractivity contribution in [3.8, 4) is 0 Å². The van der Waals surface area contributed by atoms with Crippen molar-refractivity contribution in [1.29, 1.82) is 0 Å². The first kappa shape index (κ1) is 29.9. The van der Waals surface area contributed by atoms with E-state index in [4.69, 9.17) is 4.74 Å². The molecule has 0 saturated carbocycles. The summed E-state index contributed by atoms with van der Waals surface area (Å²) in [6.07, 6.45) is 3.65. The number of carbonyl (C=O) groups excluding carboxylic acids is 3. The molecular formula is C26H38N6O4S. The zero-order chi connectivity index (χ0) is 27.4. The molecule has 0 bridgehead atoms. The number of carbonyl (C=O) groups is 3. The Bertz CT molecular complexity index is 1040. The summed E-state index contributed by atoms with van der Waals surface area (Å²) in [5, 5.41) is 11.3. The molecule has 1 aromatic heterocycles. The Kier molecular flexibility index (Phi) is 11.7. The predicted molar refractivity (Wildman–Crippen MR) is 149 cm³/mol. The van der Waals surface area contributed by atoms with Crippen LogP contribution in [0.25, 0.3) is 0 Å². The zero-order valence-corrected chi connectivity index (χ0v) is 23.2. The van der Waals surface area contributed by atoms with E-state index in [2.05, 4.69) is 26.3 Å². The number of amides is 4. The lowest BCUT2D eigenvalue weighted by molar-refractivity contribution is 0.0635. The summed E-state index contributed by atoms with van der Waals surface area (Å²) in [5.74, 6) is 0.398. The van der Waals surface area contributed by atoms with Crippen molar-refractivity contribution in [2.45, 2.75) is 38.8 Å². The number of pyridine rings is 1. The summed E-state index contributed by atoms with van der Waals surface area (Å²) in [6.45, 7) is 6.66. The van der Waals surface area contributed by atoms with Gasteiger partial charge in [-0.3, -0.25) is 15.1 Å². The van der Waals surface area contributed by atoms with Crippen LogP contribution in [-0.4, -0.2) is 72.7 Å². The van der Waals surface area contributed by atoms with Gasteiger partial charge in [0.1, 0.15) is 11.3 Å². The first-order valence-electron chi connectivity index (χ1n) is 12.0. The minimum absolute atomic E-state index is 0.201. The van der Waals surface area contributed by atoms with Crippen LogP contribution >= 0.6 is 11.8 Å². The van der Waals surface area contributed by atoms with Crippen molar-refractivity contribution in [3.05, 3.63) is 53.9 Å². The van der Waals surface area contributed by atoms with E-state index in [-0.39, 0.29) is 17.8 Å². The number of hydrogen-bond donors (Lipinski definition) is 4. The van der Waals surface area contributed by atoms with Crippen LogP contribution in [0.1, 0.15) is 49.3 Å². The number of para-hydroxylation sites is 2. The molecule has 37 heavy (non-hydrogen) atoms. The van der Waals surface area contributed by atoms with Gasteiger partial charge in [-0.05, 0) is 77.9 Å². The average Bonchev–Trinajstić information content (AvgIpc) is 2.82. The second-order valence-electron chi connectivity index (χ2n) is 9.64. The maximum atomic E-state index is 12.9. The average molecular weight is 531 g/mol. The number of benzene rings is 1. The lowest BCUT2D eigenvalue weighted by Crippen LogP contribution is -2.39. The SMILES string of the molecule is CSCCNC(=O)NC(CCN(C)C)c1ccc(C(=O)Nc2ccccc2NC(=O)OC(C)(C)C)nc1. The number of aromatic nitrogens is 1. The quantitative estimate of drug-likeness (QED) is 0.319. The van der Waals surface area contributed by atoms with E-state index >= 15 is 0 Å². The molecule has 202 valence electrons. The molecule has 10 nitrogen and oxygen atoms in total. The largest absolute Gasteiger partial charge is 0.444 e. The minimum Gasteiger partial charge on any atom is -0.444 e. The molecule has 0 aliphatic rings. The number of urea groups is 1. The fraction of sp³-hybridized carbons (Fsp3) is 0.462. The smallest absolute Gasteiger partial charge is 0.412 e. The molecule has 1 atom stereocenters. The second kappa shape index (κ2) is 14.4. The van der Waals surface area contributed by atoms with Crippen LogP contribution in [0.2, 0.25) is 0 Å². The van der Waals surface area contributed by atoms with E-state index in [9.17, 15) is 14.4 Å². The highest BCUT2D eigenvalue weighted by atomic mass is 32.2. The highest BCUT2D eigenvalue weighted by Crippen LogP contribution is 2.23. The first-order chi connectivity index (χ1) is 17.5. The Balaban J connectivity index is 2.10.